The van der Waals surface area contributed by atoms with Gasteiger partial charge in [0.2, 0.25) is 6.10 Å². The molecule has 0 heterocycles. The number of fused-ring (bicyclic) bond motifs is 1. The van der Waals surface area contributed by atoms with Crippen molar-refractivity contribution in [1.29, 1.82) is 0 Å². The van der Waals surface area contributed by atoms with E-state index in [-0.39, 0.29) is 5.56 Å². The van der Waals surface area contributed by atoms with E-state index >= 15 is 0 Å². The van der Waals surface area contributed by atoms with Crippen molar-refractivity contribution in [2.75, 3.05) is 6.67 Å². The molecule has 1 atom stereocenters. The lowest BCUT2D eigenvalue weighted by Gasteiger charge is -2.17. The van der Waals surface area contributed by atoms with E-state index in [4.69, 9.17) is 0 Å². The second-order valence-electron chi connectivity index (χ2n) is 4.15. The lowest BCUT2D eigenvalue weighted by Crippen LogP contribution is -2.35. The highest BCUT2D eigenvalue weighted by Gasteiger charge is 2.43. The van der Waals surface area contributed by atoms with Crippen LogP contribution >= 0.6 is 0 Å². The topological polar surface area (TPSA) is 26.3 Å². The Labute approximate surface area is 112 Å². The summed E-state index contributed by atoms with van der Waals surface area (Å²) in [6.45, 7) is -1.80. The summed E-state index contributed by atoms with van der Waals surface area (Å²) in [5, 5.41) is 1.52. The third-order valence-electron chi connectivity index (χ3n) is 2.74. The molecular weight excluding hydrogens is 276 g/mol. The average molecular weight is 286 g/mol. The Hall–Kier alpha value is -2.11. The molecule has 106 valence electrons. The summed E-state index contributed by atoms with van der Waals surface area (Å²) >= 11 is 0. The number of alkyl halides is 4. The number of ether oxygens (including phenoxy) is 1. The predicted molar refractivity (Wildman–Crippen MR) is 65.2 cm³/mol. The van der Waals surface area contributed by atoms with Crippen LogP contribution in [-0.4, -0.2) is 24.9 Å². The molecule has 0 fully saturated rings. The molecule has 2 rings (SSSR count). The summed E-state index contributed by atoms with van der Waals surface area (Å²) in [5.74, 6) is -1.20. The second kappa shape index (κ2) is 5.48. The third-order valence-corrected chi connectivity index (χ3v) is 2.74. The van der Waals surface area contributed by atoms with Gasteiger partial charge in [-0.3, -0.25) is 0 Å². The first kappa shape index (κ1) is 14.3. The van der Waals surface area contributed by atoms with Gasteiger partial charge in [0.05, 0.1) is 5.56 Å². The minimum Gasteiger partial charge on any atom is -0.446 e. The van der Waals surface area contributed by atoms with Crippen molar-refractivity contribution in [2.45, 2.75) is 12.3 Å². The van der Waals surface area contributed by atoms with Crippen LogP contribution in [0.4, 0.5) is 17.6 Å². The van der Waals surface area contributed by atoms with E-state index in [0.29, 0.717) is 5.39 Å². The monoisotopic (exact) mass is 286 g/mol. The lowest BCUT2D eigenvalue weighted by molar-refractivity contribution is -0.207. The fraction of sp³-hybridized carbons (Fsp3) is 0.214. The number of carbonyl (C=O) groups excluding carboxylic acids is 1. The van der Waals surface area contributed by atoms with Gasteiger partial charge in [-0.25, -0.2) is 9.18 Å². The van der Waals surface area contributed by atoms with Crippen LogP contribution < -0.4 is 0 Å². The first-order valence-corrected chi connectivity index (χ1v) is 5.74. The maximum atomic E-state index is 12.3. The third kappa shape index (κ3) is 3.07. The van der Waals surface area contributed by atoms with Gasteiger partial charge in [0.1, 0.15) is 6.67 Å². The van der Waals surface area contributed by atoms with Crippen LogP contribution in [0, 0.1) is 0 Å². The molecule has 2 aromatic rings. The van der Waals surface area contributed by atoms with Crippen molar-refractivity contribution < 1.29 is 27.1 Å². The molecule has 6 heteroatoms. The zero-order chi connectivity index (χ0) is 14.8. The Morgan fingerprint density at radius 1 is 1.10 bits per heavy atom. The molecule has 0 amide bonds. The molecule has 0 aliphatic rings. The molecule has 0 aliphatic heterocycles. The number of esters is 1. The van der Waals surface area contributed by atoms with Crippen LogP contribution in [0.25, 0.3) is 10.8 Å². The molecule has 2 nitrogen and oxygen atoms in total. The van der Waals surface area contributed by atoms with Gasteiger partial charge in [0.25, 0.3) is 0 Å². The SMILES string of the molecule is O=C(OC(CF)C(F)(F)F)c1ccc2ccccc2c1. The first-order valence-electron chi connectivity index (χ1n) is 5.74. The quantitative estimate of drug-likeness (QED) is 0.632. The molecule has 20 heavy (non-hydrogen) atoms. The minimum absolute atomic E-state index is 0.0496. The highest BCUT2D eigenvalue weighted by atomic mass is 19.4. The van der Waals surface area contributed by atoms with Crippen molar-refractivity contribution in [3.8, 4) is 0 Å². The lowest BCUT2D eigenvalue weighted by atomic mass is 10.1. The van der Waals surface area contributed by atoms with Gasteiger partial charge in [-0.15, -0.1) is 0 Å². The standard InChI is InChI=1S/C14H10F4O2/c15-8-12(14(16,17)18)20-13(19)11-6-5-9-3-1-2-4-10(9)7-11/h1-7,12H,8H2. The van der Waals surface area contributed by atoms with Gasteiger partial charge >= 0.3 is 12.1 Å². The number of benzene rings is 2. The summed E-state index contributed by atoms with van der Waals surface area (Å²) < 4.78 is 53.4. The fourth-order valence-corrected chi connectivity index (χ4v) is 1.70. The van der Waals surface area contributed by atoms with E-state index in [1.807, 2.05) is 0 Å². The summed E-state index contributed by atoms with van der Waals surface area (Å²) in [5.41, 5.74) is -0.0496. The van der Waals surface area contributed by atoms with Gasteiger partial charge in [-0.1, -0.05) is 30.3 Å². The predicted octanol–water partition coefficient (Wildman–Crippen LogP) is 3.90. The molecule has 0 radical (unpaired) electrons. The molecule has 0 N–H and O–H groups in total. The van der Waals surface area contributed by atoms with E-state index in [1.165, 1.54) is 12.1 Å². The smallest absolute Gasteiger partial charge is 0.428 e. The van der Waals surface area contributed by atoms with Crippen LogP contribution in [0.2, 0.25) is 0 Å². The Morgan fingerprint density at radius 3 is 2.35 bits per heavy atom. The van der Waals surface area contributed by atoms with Crippen LogP contribution in [0.5, 0.6) is 0 Å². The summed E-state index contributed by atoms with van der Waals surface area (Å²) in [7, 11) is 0. The van der Waals surface area contributed by atoms with Crippen molar-refractivity contribution in [3.05, 3.63) is 48.0 Å². The highest BCUT2D eigenvalue weighted by Crippen LogP contribution is 2.25. The van der Waals surface area contributed by atoms with Crippen molar-refractivity contribution >= 4 is 16.7 Å². The fourth-order valence-electron chi connectivity index (χ4n) is 1.70. The zero-order valence-electron chi connectivity index (χ0n) is 10.2. The van der Waals surface area contributed by atoms with Gasteiger partial charge < -0.3 is 4.74 Å². The normalized spacial score (nSPS) is 13.2. The number of carbonyl (C=O) groups is 1. The van der Waals surface area contributed by atoms with Crippen LogP contribution in [0.1, 0.15) is 10.4 Å². The van der Waals surface area contributed by atoms with Crippen molar-refractivity contribution in [3.63, 3.8) is 0 Å². The summed E-state index contributed by atoms with van der Waals surface area (Å²) in [4.78, 5) is 11.6. The molecule has 2 aromatic carbocycles. The molecule has 0 aromatic heterocycles. The molecule has 0 saturated carbocycles. The van der Waals surface area contributed by atoms with E-state index in [0.717, 1.165) is 5.39 Å². The van der Waals surface area contributed by atoms with E-state index in [1.54, 1.807) is 30.3 Å². The number of rotatable bonds is 3. The summed E-state index contributed by atoms with van der Waals surface area (Å²) in [6, 6.07) is 11.4. The van der Waals surface area contributed by atoms with Crippen molar-refractivity contribution in [2.24, 2.45) is 0 Å². The maximum absolute atomic E-state index is 12.3. The van der Waals surface area contributed by atoms with Crippen LogP contribution in [0.15, 0.2) is 42.5 Å². The Morgan fingerprint density at radius 2 is 1.75 bits per heavy atom. The molecular formula is C14H10F4O2. The zero-order valence-corrected chi connectivity index (χ0v) is 10.2. The number of halogens is 4. The Bertz CT molecular complexity index is 622. The van der Waals surface area contributed by atoms with Crippen LogP contribution in [-0.2, 0) is 4.74 Å². The van der Waals surface area contributed by atoms with Gasteiger partial charge in [0, 0.05) is 0 Å². The molecule has 0 bridgehead atoms. The van der Waals surface area contributed by atoms with E-state index in [9.17, 15) is 22.4 Å². The number of hydrogen-bond acceptors (Lipinski definition) is 2. The van der Waals surface area contributed by atoms with Gasteiger partial charge in [-0.2, -0.15) is 13.2 Å². The average Bonchev–Trinajstić information content (AvgIpc) is 2.42. The highest BCUT2D eigenvalue weighted by molar-refractivity contribution is 5.95. The van der Waals surface area contributed by atoms with E-state index in [2.05, 4.69) is 4.74 Å². The second-order valence-corrected chi connectivity index (χ2v) is 4.15. The van der Waals surface area contributed by atoms with E-state index < -0.39 is 24.9 Å². The van der Waals surface area contributed by atoms with Crippen LogP contribution in [0.3, 0.4) is 0 Å². The largest absolute Gasteiger partial charge is 0.446 e. The van der Waals surface area contributed by atoms with Gasteiger partial charge in [-0.05, 0) is 22.9 Å². The molecule has 0 aliphatic carbocycles. The number of hydrogen-bond donors (Lipinski definition) is 0. The maximum Gasteiger partial charge on any atom is 0.428 e. The molecule has 0 spiro atoms. The Balaban J connectivity index is 2.23. The summed E-state index contributed by atoms with van der Waals surface area (Å²) in [6.07, 6.45) is -7.65. The molecule has 1 unspecified atom stereocenters. The Kier molecular flexibility index (Phi) is 3.92. The first-order chi connectivity index (χ1) is 9.41. The van der Waals surface area contributed by atoms with Gasteiger partial charge in [0.15, 0.2) is 0 Å². The van der Waals surface area contributed by atoms with Crippen molar-refractivity contribution in [1.82, 2.24) is 0 Å². The minimum atomic E-state index is -4.92. The molecule has 0 saturated heterocycles.